The number of hydrogen-bond acceptors (Lipinski definition) is 2. The Kier molecular flexibility index (Phi) is 3.48. The van der Waals surface area contributed by atoms with Crippen LogP contribution in [0.25, 0.3) is 0 Å². The largest absolute Gasteiger partial charge is 0.389 e. The van der Waals surface area contributed by atoms with Crippen LogP contribution >= 0.6 is 0 Å². The molecule has 2 heteroatoms. The molecule has 0 fully saturated rings. The monoisotopic (exact) mass is 115 g/mol. The smallest absolute Gasteiger partial charge is 0.0693 e. The van der Waals surface area contributed by atoms with Gasteiger partial charge in [0.1, 0.15) is 0 Å². The van der Waals surface area contributed by atoms with Crippen LogP contribution in [0, 0.1) is 0 Å². The van der Waals surface area contributed by atoms with E-state index in [0.717, 1.165) is 0 Å². The van der Waals surface area contributed by atoms with E-state index >= 15 is 0 Å². The Balaban J connectivity index is 3.34. The van der Waals surface area contributed by atoms with Crippen molar-refractivity contribution in [3.63, 3.8) is 0 Å². The highest BCUT2D eigenvalue weighted by atomic mass is 16.3. The van der Waals surface area contributed by atoms with Gasteiger partial charge in [-0.25, -0.2) is 0 Å². The van der Waals surface area contributed by atoms with Crippen LogP contribution in [0.15, 0.2) is 12.2 Å². The molecule has 8 heavy (non-hydrogen) atoms. The molecule has 2 nitrogen and oxygen atoms in total. The molecule has 0 heterocycles. The predicted octanol–water partition coefficient (Wildman–Crippen LogP) is 0.271. The maximum absolute atomic E-state index is 8.66. The van der Waals surface area contributed by atoms with Crippen molar-refractivity contribution in [2.45, 2.75) is 26.0 Å². The molecule has 0 aromatic carbocycles. The minimum Gasteiger partial charge on any atom is -0.389 e. The average Bonchev–Trinajstić information content (AvgIpc) is 1.61. The normalized spacial score (nSPS) is 19.0. The van der Waals surface area contributed by atoms with Crippen molar-refractivity contribution < 1.29 is 5.11 Å². The lowest BCUT2D eigenvalue weighted by atomic mass is 10.3. The van der Waals surface area contributed by atoms with Gasteiger partial charge in [0.05, 0.1) is 6.10 Å². The first-order chi connectivity index (χ1) is 3.63. The standard InChI is InChI=1S/C6H13NO/c1-5(7)3-4-6(2)8/h3-6,8H,7H2,1-2H3/b4-3-. The summed E-state index contributed by atoms with van der Waals surface area (Å²) in [5, 5.41) is 8.66. The second kappa shape index (κ2) is 3.64. The Bertz CT molecular complexity index is 66.6. The van der Waals surface area contributed by atoms with E-state index in [1.54, 1.807) is 19.1 Å². The maximum Gasteiger partial charge on any atom is 0.0693 e. The fraction of sp³-hybridized carbons (Fsp3) is 0.667. The minimum atomic E-state index is -0.374. The lowest BCUT2D eigenvalue weighted by Gasteiger charge is -1.95. The van der Waals surface area contributed by atoms with E-state index < -0.39 is 0 Å². The summed E-state index contributed by atoms with van der Waals surface area (Å²) in [6.45, 7) is 3.55. The fourth-order valence-corrected chi connectivity index (χ4v) is 0.336. The van der Waals surface area contributed by atoms with Gasteiger partial charge in [0.2, 0.25) is 0 Å². The Morgan fingerprint density at radius 2 is 1.88 bits per heavy atom. The lowest BCUT2D eigenvalue weighted by Crippen LogP contribution is -2.11. The van der Waals surface area contributed by atoms with Gasteiger partial charge in [0.15, 0.2) is 0 Å². The lowest BCUT2D eigenvalue weighted by molar-refractivity contribution is 0.243. The number of rotatable bonds is 2. The maximum atomic E-state index is 8.66. The molecular formula is C6H13NO. The summed E-state index contributed by atoms with van der Waals surface area (Å²) in [4.78, 5) is 0. The molecule has 2 unspecified atom stereocenters. The topological polar surface area (TPSA) is 46.2 Å². The number of aliphatic hydroxyl groups excluding tert-OH is 1. The second-order valence-corrected chi connectivity index (χ2v) is 1.98. The van der Waals surface area contributed by atoms with Crippen LogP contribution in [0.4, 0.5) is 0 Å². The van der Waals surface area contributed by atoms with Gasteiger partial charge in [-0.15, -0.1) is 0 Å². The van der Waals surface area contributed by atoms with Gasteiger partial charge < -0.3 is 10.8 Å². The van der Waals surface area contributed by atoms with Crippen LogP contribution in [0.5, 0.6) is 0 Å². The fourth-order valence-electron chi connectivity index (χ4n) is 0.336. The number of hydrogen-bond donors (Lipinski definition) is 2. The second-order valence-electron chi connectivity index (χ2n) is 1.98. The van der Waals surface area contributed by atoms with Crippen molar-refractivity contribution in [2.75, 3.05) is 0 Å². The molecule has 0 aliphatic carbocycles. The molecule has 0 aliphatic rings. The van der Waals surface area contributed by atoms with Gasteiger partial charge in [-0.2, -0.15) is 0 Å². The molecule has 0 aliphatic heterocycles. The SMILES string of the molecule is CC(N)/C=C\C(C)O. The third kappa shape index (κ3) is 5.66. The van der Waals surface area contributed by atoms with Crippen molar-refractivity contribution in [3.05, 3.63) is 12.2 Å². The summed E-state index contributed by atoms with van der Waals surface area (Å²) in [7, 11) is 0. The summed E-state index contributed by atoms with van der Waals surface area (Å²) in [5.74, 6) is 0. The van der Waals surface area contributed by atoms with Crippen molar-refractivity contribution in [1.82, 2.24) is 0 Å². The van der Waals surface area contributed by atoms with Crippen molar-refractivity contribution in [2.24, 2.45) is 5.73 Å². The van der Waals surface area contributed by atoms with Gasteiger partial charge in [0, 0.05) is 6.04 Å². The van der Waals surface area contributed by atoms with Gasteiger partial charge in [-0.1, -0.05) is 12.2 Å². The molecule has 0 radical (unpaired) electrons. The van der Waals surface area contributed by atoms with E-state index in [1.807, 2.05) is 6.92 Å². The average molecular weight is 115 g/mol. The first kappa shape index (κ1) is 7.66. The summed E-state index contributed by atoms with van der Waals surface area (Å²) >= 11 is 0. The van der Waals surface area contributed by atoms with Crippen LogP contribution in [0.1, 0.15) is 13.8 Å². The molecule has 2 atom stereocenters. The first-order valence-electron chi connectivity index (χ1n) is 2.75. The molecule has 0 rings (SSSR count). The summed E-state index contributed by atoms with van der Waals surface area (Å²) in [6.07, 6.45) is 3.07. The van der Waals surface area contributed by atoms with Crippen LogP contribution in [-0.2, 0) is 0 Å². The van der Waals surface area contributed by atoms with E-state index in [9.17, 15) is 0 Å². The summed E-state index contributed by atoms with van der Waals surface area (Å²) < 4.78 is 0. The summed E-state index contributed by atoms with van der Waals surface area (Å²) in [6, 6.07) is 0.0459. The van der Waals surface area contributed by atoms with Crippen molar-refractivity contribution in [1.29, 1.82) is 0 Å². The molecule has 0 saturated carbocycles. The van der Waals surface area contributed by atoms with Crippen LogP contribution in [0.3, 0.4) is 0 Å². The molecular weight excluding hydrogens is 102 g/mol. The Hall–Kier alpha value is -0.340. The molecule has 0 aromatic heterocycles. The van der Waals surface area contributed by atoms with Gasteiger partial charge in [-0.05, 0) is 13.8 Å². The van der Waals surface area contributed by atoms with Crippen molar-refractivity contribution in [3.8, 4) is 0 Å². The zero-order valence-corrected chi connectivity index (χ0v) is 5.33. The van der Waals surface area contributed by atoms with E-state index in [4.69, 9.17) is 10.8 Å². The molecule has 0 aromatic rings. The van der Waals surface area contributed by atoms with Gasteiger partial charge >= 0.3 is 0 Å². The van der Waals surface area contributed by atoms with Gasteiger partial charge in [-0.3, -0.25) is 0 Å². The zero-order chi connectivity index (χ0) is 6.57. The predicted molar refractivity (Wildman–Crippen MR) is 34.5 cm³/mol. The zero-order valence-electron chi connectivity index (χ0n) is 5.33. The third-order valence-corrected chi connectivity index (χ3v) is 0.693. The molecule has 0 amide bonds. The van der Waals surface area contributed by atoms with Crippen LogP contribution in [0.2, 0.25) is 0 Å². The molecule has 0 saturated heterocycles. The minimum absolute atomic E-state index is 0.0459. The van der Waals surface area contributed by atoms with Crippen LogP contribution < -0.4 is 5.73 Å². The van der Waals surface area contributed by atoms with Gasteiger partial charge in [0.25, 0.3) is 0 Å². The molecule has 0 spiro atoms. The highest BCUT2D eigenvalue weighted by Crippen LogP contribution is 1.84. The first-order valence-corrected chi connectivity index (χ1v) is 2.75. The third-order valence-electron chi connectivity index (χ3n) is 0.693. The van der Waals surface area contributed by atoms with E-state index in [-0.39, 0.29) is 12.1 Å². The van der Waals surface area contributed by atoms with Crippen LogP contribution in [-0.4, -0.2) is 17.3 Å². The van der Waals surface area contributed by atoms with E-state index in [0.29, 0.717) is 0 Å². The highest BCUT2D eigenvalue weighted by molar-refractivity contribution is 4.91. The van der Waals surface area contributed by atoms with E-state index in [1.165, 1.54) is 0 Å². The van der Waals surface area contributed by atoms with Crippen molar-refractivity contribution >= 4 is 0 Å². The molecule has 48 valence electrons. The Morgan fingerprint density at radius 3 is 2.00 bits per heavy atom. The quantitative estimate of drug-likeness (QED) is 0.507. The molecule has 0 bridgehead atoms. The summed E-state index contributed by atoms with van der Waals surface area (Å²) in [5.41, 5.74) is 5.34. The van der Waals surface area contributed by atoms with E-state index in [2.05, 4.69) is 0 Å². The highest BCUT2D eigenvalue weighted by Gasteiger charge is 1.86. The Labute approximate surface area is 50.0 Å². The Morgan fingerprint density at radius 1 is 1.38 bits per heavy atom. The number of aliphatic hydroxyl groups is 1. The number of nitrogens with two attached hydrogens (primary N) is 1. The molecule has 3 N–H and O–H groups in total.